The zero-order valence-corrected chi connectivity index (χ0v) is 15.1. The molecule has 24 heavy (non-hydrogen) atoms. The highest BCUT2D eigenvalue weighted by atomic mass is 35.5. The van der Waals surface area contributed by atoms with Crippen LogP contribution >= 0.6 is 23.2 Å². The molecule has 2 heterocycles. The van der Waals surface area contributed by atoms with E-state index in [0.29, 0.717) is 10.0 Å². The van der Waals surface area contributed by atoms with Crippen molar-refractivity contribution in [2.45, 2.75) is 13.3 Å². The lowest BCUT2D eigenvalue weighted by molar-refractivity contribution is 0.122. The number of anilines is 2. The lowest BCUT2D eigenvalue weighted by atomic mass is 10.1. The molecule has 0 radical (unpaired) electrons. The van der Waals surface area contributed by atoms with Gasteiger partial charge in [0.15, 0.2) is 0 Å². The molecular weight excluding hydrogens is 347 g/mol. The van der Waals surface area contributed by atoms with Crippen LogP contribution < -0.4 is 10.2 Å². The van der Waals surface area contributed by atoms with Crippen LogP contribution in [0.5, 0.6) is 0 Å². The molecule has 1 N–H and O–H groups in total. The Morgan fingerprint density at radius 1 is 1.17 bits per heavy atom. The first-order valence-corrected chi connectivity index (χ1v) is 8.73. The van der Waals surface area contributed by atoms with Gasteiger partial charge in [-0.1, -0.05) is 29.3 Å². The third kappa shape index (κ3) is 4.50. The zero-order valence-electron chi connectivity index (χ0n) is 13.6. The topological polar surface area (TPSA) is 50.3 Å². The first-order chi connectivity index (χ1) is 11.6. The number of rotatable bonds is 5. The third-order valence-corrected chi connectivity index (χ3v) is 4.46. The van der Waals surface area contributed by atoms with Crippen LogP contribution in [0.2, 0.25) is 10.0 Å². The minimum absolute atomic E-state index is 0.651. The highest BCUT2D eigenvalue weighted by molar-refractivity contribution is 6.35. The lowest BCUT2D eigenvalue weighted by Gasteiger charge is -2.28. The van der Waals surface area contributed by atoms with E-state index in [0.717, 1.165) is 62.3 Å². The van der Waals surface area contributed by atoms with Crippen molar-refractivity contribution >= 4 is 34.8 Å². The van der Waals surface area contributed by atoms with E-state index in [1.807, 2.05) is 25.1 Å². The fraction of sp³-hybridized carbons (Fsp3) is 0.412. The summed E-state index contributed by atoms with van der Waals surface area (Å²) in [6.07, 6.45) is 0.798. The molecule has 128 valence electrons. The molecule has 5 nitrogen and oxygen atoms in total. The summed E-state index contributed by atoms with van der Waals surface area (Å²) in [5.41, 5.74) is 1.06. The van der Waals surface area contributed by atoms with E-state index in [1.54, 1.807) is 6.07 Å². The Labute approximate surface area is 152 Å². The molecule has 1 saturated heterocycles. The number of hydrogen-bond donors (Lipinski definition) is 1. The Bertz CT molecular complexity index is 705. The molecule has 1 fully saturated rings. The summed E-state index contributed by atoms with van der Waals surface area (Å²) in [7, 11) is 0. The first-order valence-electron chi connectivity index (χ1n) is 7.98. The molecule has 2 aromatic rings. The maximum absolute atomic E-state index is 6.21. The van der Waals surface area contributed by atoms with Gasteiger partial charge in [-0.05, 0) is 31.0 Å². The molecule has 1 aliphatic rings. The highest BCUT2D eigenvalue weighted by Gasteiger charge is 2.14. The fourth-order valence-corrected chi connectivity index (χ4v) is 3.15. The van der Waals surface area contributed by atoms with Crippen molar-refractivity contribution in [1.82, 2.24) is 9.97 Å². The molecular formula is C17H20Cl2N4O. The van der Waals surface area contributed by atoms with Gasteiger partial charge in [-0.3, -0.25) is 0 Å². The van der Waals surface area contributed by atoms with E-state index in [1.165, 1.54) is 0 Å². The average molecular weight is 367 g/mol. The van der Waals surface area contributed by atoms with Crippen LogP contribution in [0.15, 0.2) is 24.3 Å². The molecule has 1 aromatic heterocycles. The number of morpholine rings is 1. The smallest absolute Gasteiger partial charge is 0.134 e. The van der Waals surface area contributed by atoms with Crippen LogP contribution in [0, 0.1) is 6.92 Å². The average Bonchev–Trinajstić information content (AvgIpc) is 2.57. The number of aryl methyl sites for hydroxylation is 1. The van der Waals surface area contributed by atoms with Crippen LogP contribution in [-0.2, 0) is 11.2 Å². The van der Waals surface area contributed by atoms with E-state index < -0.39 is 0 Å². The van der Waals surface area contributed by atoms with Gasteiger partial charge >= 0.3 is 0 Å². The molecule has 1 aliphatic heterocycles. The fourth-order valence-electron chi connectivity index (χ4n) is 2.65. The number of halogens is 2. The summed E-state index contributed by atoms with van der Waals surface area (Å²) in [4.78, 5) is 11.2. The molecule has 0 aliphatic carbocycles. The number of benzene rings is 1. The van der Waals surface area contributed by atoms with Crippen molar-refractivity contribution in [3.05, 3.63) is 45.7 Å². The quantitative estimate of drug-likeness (QED) is 0.876. The van der Waals surface area contributed by atoms with E-state index in [-0.39, 0.29) is 0 Å². The second-order valence-electron chi connectivity index (χ2n) is 5.67. The SMILES string of the molecule is Cc1nc(NCCc2ccc(Cl)cc2Cl)cc(N2CCOCC2)n1. The normalized spacial score (nSPS) is 14.7. The van der Waals surface area contributed by atoms with Crippen molar-refractivity contribution in [1.29, 1.82) is 0 Å². The molecule has 0 saturated carbocycles. The highest BCUT2D eigenvalue weighted by Crippen LogP contribution is 2.22. The van der Waals surface area contributed by atoms with Crippen LogP contribution in [0.3, 0.4) is 0 Å². The van der Waals surface area contributed by atoms with Crippen LogP contribution in [0.1, 0.15) is 11.4 Å². The van der Waals surface area contributed by atoms with Crippen LogP contribution in [0.25, 0.3) is 0 Å². The maximum Gasteiger partial charge on any atom is 0.134 e. The second kappa shape index (κ2) is 8.01. The number of aromatic nitrogens is 2. The summed E-state index contributed by atoms with van der Waals surface area (Å²) in [5.74, 6) is 2.53. The molecule has 0 bridgehead atoms. The Morgan fingerprint density at radius 3 is 2.71 bits per heavy atom. The maximum atomic E-state index is 6.21. The largest absolute Gasteiger partial charge is 0.378 e. The van der Waals surface area contributed by atoms with Crippen LogP contribution in [0.4, 0.5) is 11.6 Å². The first kappa shape index (κ1) is 17.3. The van der Waals surface area contributed by atoms with Crippen molar-refractivity contribution in [3.63, 3.8) is 0 Å². The monoisotopic (exact) mass is 366 g/mol. The molecule has 1 aromatic carbocycles. The number of hydrogen-bond acceptors (Lipinski definition) is 5. The van der Waals surface area contributed by atoms with Gasteiger partial charge in [0.1, 0.15) is 17.5 Å². The van der Waals surface area contributed by atoms with Gasteiger partial charge in [0.2, 0.25) is 0 Å². The minimum Gasteiger partial charge on any atom is -0.378 e. The van der Waals surface area contributed by atoms with E-state index in [2.05, 4.69) is 20.2 Å². The summed E-state index contributed by atoms with van der Waals surface area (Å²) in [6.45, 7) is 5.83. The summed E-state index contributed by atoms with van der Waals surface area (Å²) in [5, 5.41) is 4.70. The van der Waals surface area contributed by atoms with Gasteiger partial charge in [-0.2, -0.15) is 0 Å². The van der Waals surface area contributed by atoms with E-state index in [9.17, 15) is 0 Å². The van der Waals surface area contributed by atoms with Gasteiger partial charge < -0.3 is 15.0 Å². The lowest BCUT2D eigenvalue weighted by Crippen LogP contribution is -2.37. The van der Waals surface area contributed by atoms with Gasteiger partial charge in [-0.25, -0.2) is 9.97 Å². The third-order valence-electron chi connectivity index (χ3n) is 3.88. The van der Waals surface area contributed by atoms with E-state index >= 15 is 0 Å². The summed E-state index contributed by atoms with van der Waals surface area (Å²) >= 11 is 12.1. The molecule has 0 atom stereocenters. The predicted octanol–water partition coefficient (Wildman–Crippen LogP) is 3.58. The zero-order chi connectivity index (χ0) is 16.9. The van der Waals surface area contributed by atoms with Crippen molar-refractivity contribution < 1.29 is 4.74 Å². The Hall–Kier alpha value is -1.56. The Kier molecular flexibility index (Phi) is 5.76. The van der Waals surface area contributed by atoms with Gasteiger partial charge in [-0.15, -0.1) is 0 Å². The molecule has 3 rings (SSSR count). The van der Waals surface area contributed by atoms with Crippen molar-refractivity contribution in [2.75, 3.05) is 43.1 Å². The van der Waals surface area contributed by atoms with Crippen molar-refractivity contribution in [2.24, 2.45) is 0 Å². The van der Waals surface area contributed by atoms with Gasteiger partial charge in [0.05, 0.1) is 13.2 Å². The Morgan fingerprint density at radius 2 is 1.96 bits per heavy atom. The molecule has 0 amide bonds. The molecule has 0 unspecified atom stereocenters. The number of ether oxygens (including phenoxy) is 1. The second-order valence-corrected chi connectivity index (χ2v) is 6.51. The van der Waals surface area contributed by atoms with Gasteiger partial charge in [0.25, 0.3) is 0 Å². The number of nitrogens with zero attached hydrogens (tertiary/aromatic N) is 3. The Balaban J connectivity index is 1.63. The predicted molar refractivity (Wildman–Crippen MR) is 98.5 cm³/mol. The van der Waals surface area contributed by atoms with Crippen LogP contribution in [-0.4, -0.2) is 42.8 Å². The summed E-state index contributed by atoms with van der Waals surface area (Å²) in [6, 6.07) is 7.57. The minimum atomic E-state index is 0.651. The van der Waals surface area contributed by atoms with Crippen molar-refractivity contribution in [3.8, 4) is 0 Å². The van der Waals surface area contributed by atoms with Gasteiger partial charge in [0, 0.05) is 35.7 Å². The molecule has 7 heteroatoms. The molecule has 0 spiro atoms. The van der Waals surface area contributed by atoms with E-state index in [4.69, 9.17) is 27.9 Å². The number of nitrogens with one attached hydrogen (secondary N) is 1. The summed E-state index contributed by atoms with van der Waals surface area (Å²) < 4.78 is 5.39. The standard InChI is InChI=1S/C17H20Cl2N4O/c1-12-21-16(11-17(22-12)23-6-8-24-9-7-23)20-5-4-13-2-3-14(18)10-15(13)19/h2-3,10-11H,4-9H2,1H3,(H,20,21,22).